The molecule has 0 saturated heterocycles. The van der Waals surface area contributed by atoms with E-state index in [2.05, 4.69) is 10.6 Å². The van der Waals surface area contributed by atoms with Crippen molar-refractivity contribution in [2.24, 2.45) is 5.92 Å². The van der Waals surface area contributed by atoms with Crippen LogP contribution in [0.5, 0.6) is 0 Å². The molecule has 7 heteroatoms. The average Bonchev–Trinajstić information content (AvgIpc) is 3.20. The number of carbonyl (C=O) groups excluding carboxylic acids is 2. The van der Waals surface area contributed by atoms with Crippen LogP contribution in [0.4, 0.5) is 0 Å². The van der Waals surface area contributed by atoms with Crippen molar-refractivity contribution in [3.8, 4) is 0 Å². The second-order valence-corrected chi connectivity index (χ2v) is 6.71. The fourth-order valence-corrected chi connectivity index (χ4v) is 2.80. The molecule has 1 atom stereocenters. The molecule has 3 N–H and O–H groups in total. The largest absolute Gasteiger partial charge is 0.466 e. The molecule has 1 unspecified atom stereocenters. The van der Waals surface area contributed by atoms with Crippen LogP contribution in [0.3, 0.4) is 0 Å². The average molecular weight is 336 g/mol. The van der Waals surface area contributed by atoms with Gasteiger partial charge in [0.2, 0.25) is 0 Å². The molecule has 0 fully saturated rings. The van der Waals surface area contributed by atoms with Gasteiger partial charge in [-0.1, -0.05) is 13.8 Å². The summed E-state index contributed by atoms with van der Waals surface area (Å²) in [7, 11) is 0. The summed E-state index contributed by atoms with van der Waals surface area (Å²) >= 11 is 1.35. The third kappa shape index (κ3) is 4.94. The third-order valence-corrected chi connectivity index (χ3v) is 4.20. The van der Waals surface area contributed by atoms with Gasteiger partial charge in [-0.05, 0) is 30.2 Å². The van der Waals surface area contributed by atoms with Gasteiger partial charge in [0.25, 0.3) is 0 Å². The maximum Gasteiger partial charge on any atom is 0.309 e. The normalized spacial score (nSPS) is 12.2. The van der Waals surface area contributed by atoms with E-state index in [1.54, 1.807) is 24.3 Å². The Balaban J connectivity index is 1.85. The van der Waals surface area contributed by atoms with E-state index >= 15 is 0 Å². The minimum absolute atomic E-state index is 0.240. The molecule has 0 aliphatic carbocycles. The van der Waals surface area contributed by atoms with Crippen molar-refractivity contribution >= 4 is 23.2 Å². The molecule has 0 bridgehead atoms. The minimum atomic E-state index is -0.825. The summed E-state index contributed by atoms with van der Waals surface area (Å²) < 4.78 is 5.17. The fraction of sp³-hybridized carbons (Fsp3) is 0.375. The Morgan fingerprint density at radius 1 is 1.22 bits per heavy atom. The van der Waals surface area contributed by atoms with E-state index in [1.807, 2.05) is 13.8 Å². The van der Waals surface area contributed by atoms with Crippen LogP contribution in [0.1, 0.15) is 35.5 Å². The molecule has 2 rings (SSSR count). The summed E-state index contributed by atoms with van der Waals surface area (Å²) in [5.41, 5.74) is 0. The zero-order valence-electron chi connectivity index (χ0n) is 13.0. The Bertz CT molecular complexity index is 649. The molecule has 6 nitrogen and oxygen atoms in total. The van der Waals surface area contributed by atoms with Crippen LogP contribution in [0.15, 0.2) is 34.9 Å². The van der Waals surface area contributed by atoms with Gasteiger partial charge in [-0.3, -0.25) is 9.59 Å². The second-order valence-electron chi connectivity index (χ2n) is 5.51. The molecule has 0 spiro atoms. The molecule has 2 heterocycles. The summed E-state index contributed by atoms with van der Waals surface area (Å²) in [6, 6.07) is 6.99. The Morgan fingerprint density at radius 3 is 2.61 bits per heavy atom. The number of aliphatic hydroxyl groups excluding tert-OH is 1. The molecule has 2 aromatic heterocycles. The predicted molar refractivity (Wildman–Crippen MR) is 86.8 cm³/mol. The number of hydrogen-bond acceptors (Lipinski definition) is 5. The van der Waals surface area contributed by atoms with E-state index in [4.69, 9.17) is 4.42 Å². The van der Waals surface area contributed by atoms with Gasteiger partial charge in [-0.25, -0.2) is 0 Å². The van der Waals surface area contributed by atoms with Crippen molar-refractivity contribution in [1.29, 1.82) is 0 Å². The van der Waals surface area contributed by atoms with Crippen LogP contribution < -0.4 is 10.6 Å². The van der Waals surface area contributed by atoms with Crippen molar-refractivity contribution in [3.63, 3.8) is 0 Å². The van der Waals surface area contributed by atoms with Gasteiger partial charge in [0.15, 0.2) is 0 Å². The lowest BCUT2D eigenvalue weighted by Crippen LogP contribution is -2.40. The van der Waals surface area contributed by atoms with E-state index in [-0.39, 0.29) is 12.5 Å². The highest BCUT2D eigenvalue weighted by molar-refractivity contribution is 7.12. The zero-order chi connectivity index (χ0) is 16.8. The molecule has 0 radical (unpaired) electrons. The minimum Gasteiger partial charge on any atom is -0.466 e. The first-order chi connectivity index (χ1) is 11.0. The topological polar surface area (TPSA) is 91.6 Å². The Morgan fingerprint density at radius 2 is 1.96 bits per heavy atom. The fourth-order valence-electron chi connectivity index (χ4n) is 1.85. The van der Waals surface area contributed by atoms with Crippen LogP contribution in [-0.2, 0) is 16.1 Å². The van der Waals surface area contributed by atoms with E-state index in [9.17, 15) is 14.7 Å². The first kappa shape index (κ1) is 17.2. The van der Waals surface area contributed by atoms with Crippen LogP contribution in [0.2, 0.25) is 0 Å². The van der Waals surface area contributed by atoms with Gasteiger partial charge < -0.3 is 20.2 Å². The van der Waals surface area contributed by atoms with Gasteiger partial charge >= 0.3 is 11.8 Å². The quantitative estimate of drug-likeness (QED) is 0.702. The number of rotatable bonds is 6. The summed E-state index contributed by atoms with van der Waals surface area (Å²) in [4.78, 5) is 24.8. The molecule has 2 amide bonds. The van der Waals surface area contributed by atoms with Gasteiger partial charge in [0.1, 0.15) is 11.9 Å². The summed E-state index contributed by atoms with van der Waals surface area (Å²) in [5, 5.41) is 15.3. The molecule has 2 aromatic rings. The molecular formula is C16H20N2O4S. The number of amides is 2. The van der Waals surface area contributed by atoms with Crippen molar-refractivity contribution in [1.82, 2.24) is 10.6 Å². The van der Waals surface area contributed by atoms with E-state index in [1.165, 1.54) is 17.6 Å². The summed E-state index contributed by atoms with van der Waals surface area (Å²) in [6.07, 6.45) is 0.678. The number of furan rings is 1. The van der Waals surface area contributed by atoms with Crippen LogP contribution >= 0.6 is 11.3 Å². The lowest BCUT2D eigenvalue weighted by atomic mass is 10.2. The SMILES string of the molecule is CC(C)CNC(=O)C(=O)NCc1ccc(C(O)c2ccco2)s1. The highest BCUT2D eigenvalue weighted by Crippen LogP contribution is 2.28. The number of hydrogen-bond donors (Lipinski definition) is 3. The molecular weight excluding hydrogens is 316 g/mol. The maximum absolute atomic E-state index is 11.7. The monoisotopic (exact) mass is 336 g/mol. The van der Waals surface area contributed by atoms with E-state index in [0.717, 1.165) is 4.88 Å². The highest BCUT2D eigenvalue weighted by Gasteiger charge is 2.17. The van der Waals surface area contributed by atoms with Crippen molar-refractivity contribution in [2.75, 3.05) is 6.54 Å². The zero-order valence-corrected chi connectivity index (χ0v) is 13.9. The number of nitrogens with one attached hydrogen (secondary N) is 2. The molecule has 0 aliphatic rings. The highest BCUT2D eigenvalue weighted by atomic mass is 32.1. The maximum atomic E-state index is 11.7. The van der Waals surface area contributed by atoms with Gasteiger partial charge in [0.05, 0.1) is 12.8 Å². The van der Waals surface area contributed by atoms with Crippen LogP contribution in [0.25, 0.3) is 0 Å². The summed E-state index contributed by atoms with van der Waals surface area (Å²) in [6.45, 7) is 4.61. The smallest absolute Gasteiger partial charge is 0.309 e. The van der Waals surface area contributed by atoms with Crippen molar-refractivity contribution < 1.29 is 19.1 Å². The Labute approximate surface area is 138 Å². The van der Waals surface area contributed by atoms with Crippen molar-refractivity contribution in [3.05, 3.63) is 46.0 Å². The Hall–Kier alpha value is -2.12. The third-order valence-electron chi connectivity index (χ3n) is 3.06. The summed E-state index contributed by atoms with van der Waals surface area (Å²) in [5.74, 6) is -0.538. The number of carbonyl (C=O) groups is 2. The molecule has 124 valence electrons. The van der Waals surface area contributed by atoms with E-state index in [0.29, 0.717) is 17.2 Å². The Kier molecular flexibility index (Phi) is 5.95. The first-order valence-corrected chi connectivity index (χ1v) is 8.15. The second kappa shape index (κ2) is 7.94. The van der Waals surface area contributed by atoms with Crippen molar-refractivity contribution in [2.45, 2.75) is 26.5 Å². The lowest BCUT2D eigenvalue weighted by molar-refractivity contribution is -0.139. The van der Waals surface area contributed by atoms with Crippen LogP contribution in [0, 0.1) is 5.92 Å². The number of thiophene rings is 1. The molecule has 0 saturated carbocycles. The van der Waals surface area contributed by atoms with Gasteiger partial charge in [-0.2, -0.15) is 0 Å². The van der Waals surface area contributed by atoms with Gasteiger partial charge in [0, 0.05) is 16.3 Å². The number of aliphatic hydroxyl groups is 1. The lowest BCUT2D eigenvalue weighted by Gasteiger charge is -2.07. The van der Waals surface area contributed by atoms with Crippen LogP contribution in [-0.4, -0.2) is 23.5 Å². The van der Waals surface area contributed by atoms with Gasteiger partial charge in [-0.15, -0.1) is 11.3 Å². The molecule has 0 aliphatic heterocycles. The molecule has 0 aromatic carbocycles. The predicted octanol–water partition coefficient (Wildman–Crippen LogP) is 1.81. The van der Waals surface area contributed by atoms with E-state index < -0.39 is 17.9 Å². The first-order valence-electron chi connectivity index (χ1n) is 7.33. The standard InChI is InChI=1S/C16H20N2O4S/c1-10(2)8-17-15(20)16(21)18-9-11-5-6-13(23-11)14(19)12-4-3-7-22-12/h3-7,10,14,19H,8-9H2,1-2H3,(H,17,20)(H,18,21). The molecule has 23 heavy (non-hydrogen) atoms.